The van der Waals surface area contributed by atoms with E-state index in [9.17, 15) is 0 Å². The lowest BCUT2D eigenvalue weighted by Gasteiger charge is -2.36. The fourth-order valence-electron chi connectivity index (χ4n) is 2.56. The second-order valence-corrected chi connectivity index (χ2v) is 6.62. The summed E-state index contributed by atoms with van der Waals surface area (Å²) in [6.45, 7) is 10.1. The summed E-state index contributed by atoms with van der Waals surface area (Å²) in [6.07, 6.45) is 5.04. The molecule has 0 aliphatic heterocycles. The van der Waals surface area contributed by atoms with Gasteiger partial charge in [0, 0.05) is 6.04 Å². The average Bonchev–Trinajstić information content (AvgIpc) is 2.41. The Morgan fingerprint density at radius 1 is 1.15 bits per heavy atom. The van der Waals surface area contributed by atoms with Crippen molar-refractivity contribution in [2.75, 3.05) is 6.54 Å². The molecule has 1 saturated carbocycles. The number of hydrogen-bond donors (Lipinski definition) is 1. The molecule has 1 aromatic carbocycles. The lowest BCUT2D eigenvalue weighted by molar-refractivity contribution is 0.0852. The molecule has 1 aromatic rings. The van der Waals surface area contributed by atoms with Crippen LogP contribution in [0.5, 0.6) is 5.75 Å². The van der Waals surface area contributed by atoms with Gasteiger partial charge < -0.3 is 10.1 Å². The normalized spacial score (nSPS) is 22.4. The molecule has 0 saturated heterocycles. The quantitative estimate of drug-likeness (QED) is 0.802. The van der Waals surface area contributed by atoms with Gasteiger partial charge in [-0.2, -0.15) is 0 Å². The van der Waals surface area contributed by atoms with Gasteiger partial charge in [-0.25, -0.2) is 0 Å². The van der Waals surface area contributed by atoms with Gasteiger partial charge in [-0.15, -0.1) is 0 Å². The molecule has 0 atom stereocenters. The minimum Gasteiger partial charge on any atom is -0.490 e. The first-order valence-corrected chi connectivity index (χ1v) is 8.05. The fourth-order valence-corrected chi connectivity index (χ4v) is 2.56. The number of benzene rings is 1. The summed E-state index contributed by atoms with van der Waals surface area (Å²) in [6, 6.07) is 9.34. The topological polar surface area (TPSA) is 21.3 Å². The summed E-state index contributed by atoms with van der Waals surface area (Å²) >= 11 is 0. The Bertz CT molecular complexity index is 404. The summed E-state index contributed by atoms with van der Waals surface area (Å²) in [5.74, 6) is 1.01. The van der Waals surface area contributed by atoms with Crippen LogP contribution < -0.4 is 10.1 Å². The summed E-state index contributed by atoms with van der Waals surface area (Å²) in [5.41, 5.74) is 1.65. The molecule has 112 valence electrons. The minimum absolute atomic E-state index is 0.254. The van der Waals surface area contributed by atoms with E-state index in [1.54, 1.807) is 0 Å². The number of ether oxygens (including phenoxy) is 1. The summed E-state index contributed by atoms with van der Waals surface area (Å²) in [5, 5.41) is 3.54. The second kappa shape index (κ2) is 6.62. The summed E-state index contributed by atoms with van der Waals surface area (Å²) in [4.78, 5) is 0. The van der Waals surface area contributed by atoms with Crippen LogP contribution in [0, 0.1) is 0 Å². The Kier molecular flexibility index (Phi) is 5.09. The fraction of sp³-hybridized carbons (Fsp3) is 0.667. The third-order valence-electron chi connectivity index (χ3n) is 4.60. The van der Waals surface area contributed by atoms with Crippen molar-refractivity contribution in [1.29, 1.82) is 0 Å². The van der Waals surface area contributed by atoms with Gasteiger partial charge in [0.15, 0.2) is 0 Å². The van der Waals surface area contributed by atoms with E-state index in [0.29, 0.717) is 12.1 Å². The highest BCUT2D eigenvalue weighted by Gasteiger charge is 2.30. The van der Waals surface area contributed by atoms with E-state index >= 15 is 0 Å². The molecule has 1 N–H and O–H groups in total. The number of hydrogen-bond acceptors (Lipinski definition) is 2. The van der Waals surface area contributed by atoms with Crippen molar-refractivity contribution in [3.63, 3.8) is 0 Å². The van der Waals surface area contributed by atoms with Gasteiger partial charge >= 0.3 is 0 Å². The van der Waals surface area contributed by atoms with Crippen molar-refractivity contribution in [3.8, 4) is 5.75 Å². The van der Waals surface area contributed by atoms with E-state index in [0.717, 1.165) is 31.6 Å². The van der Waals surface area contributed by atoms with Crippen molar-refractivity contribution < 1.29 is 4.74 Å². The SMILES string of the molecule is CCCNC1CC(Oc2ccc(C(C)(C)CC)cc2)C1. The first-order valence-electron chi connectivity index (χ1n) is 8.05. The van der Waals surface area contributed by atoms with Crippen molar-refractivity contribution in [2.45, 2.75) is 70.9 Å². The number of rotatable bonds is 7. The Morgan fingerprint density at radius 2 is 1.80 bits per heavy atom. The molecular weight excluding hydrogens is 246 g/mol. The molecule has 0 spiro atoms. The van der Waals surface area contributed by atoms with E-state index in [1.807, 2.05) is 0 Å². The van der Waals surface area contributed by atoms with E-state index in [4.69, 9.17) is 4.74 Å². The third kappa shape index (κ3) is 3.76. The van der Waals surface area contributed by atoms with E-state index in [2.05, 4.69) is 57.3 Å². The maximum Gasteiger partial charge on any atom is 0.119 e. The molecule has 0 unspecified atom stereocenters. The highest BCUT2D eigenvalue weighted by Crippen LogP contribution is 2.30. The smallest absolute Gasteiger partial charge is 0.119 e. The number of nitrogens with one attached hydrogen (secondary N) is 1. The van der Waals surface area contributed by atoms with Gasteiger partial charge in [-0.3, -0.25) is 0 Å². The lowest BCUT2D eigenvalue weighted by Crippen LogP contribution is -2.46. The van der Waals surface area contributed by atoms with Crippen LogP contribution in [0.25, 0.3) is 0 Å². The van der Waals surface area contributed by atoms with E-state index in [1.165, 1.54) is 12.0 Å². The van der Waals surface area contributed by atoms with Crippen LogP contribution in [0.3, 0.4) is 0 Å². The third-order valence-corrected chi connectivity index (χ3v) is 4.60. The molecule has 0 radical (unpaired) electrons. The van der Waals surface area contributed by atoms with E-state index in [-0.39, 0.29) is 5.41 Å². The maximum atomic E-state index is 6.02. The van der Waals surface area contributed by atoms with Gasteiger partial charge in [-0.1, -0.05) is 39.8 Å². The van der Waals surface area contributed by atoms with Crippen LogP contribution >= 0.6 is 0 Å². The molecule has 0 bridgehead atoms. The molecule has 0 heterocycles. The van der Waals surface area contributed by atoms with Gasteiger partial charge in [0.05, 0.1) is 0 Å². The highest BCUT2D eigenvalue weighted by molar-refractivity contribution is 5.31. The van der Waals surface area contributed by atoms with Crippen LogP contribution in [-0.4, -0.2) is 18.7 Å². The second-order valence-electron chi connectivity index (χ2n) is 6.62. The molecule has 0 amide bonds. The molecule has 2 nitrogen and oxygen atoms in total. The van der Waals surface area contributed by atoms with Crippen molar-refractivity contribution in [1.82, 2.24) is 5.32 Å². The van der Waals surface area contributed by atoms with Gasteiger partial charge in [0.25, 0.3) is 0 Å². The van der Waals surface area contributed by atoms with E-state index < -0.39 is 0 Å². The molecule has 2 rings (SSSR count). The summed E-state index contributed by atoms with van der Waals surface area (Å²) in [7, 11) is 0. The Morgan fingerprint density at radius 3 is 2.35 bits per heavy atom. The van der Waals surface area contributed by atoms with Crippen molar-refractivity contribution >= 4 is 0 Å². The van der Waals surface area contributed by atoms with Gasteiger partial charge in [-0.05, 0) is 55.3 Å². The van der Waals surface area contributed by atoms with Crippen LogP contribution in [0.2, 0.25) is 0 Å². The lowest BCUT2D eigenvalue weighted by atomic mass is 9.82. The van der Waals surface area contributed by atoms with Crippen LogP contribution in [0.4, 0.5) is 0 Å². The van der Waals surface area contributed by atoms with Crippen molar-refractivity contribution in [3.05, 3.63) is 29.8 Å². The zero-order chi connectivity index (χ0) is 14.6. The first-order chi connectivity index (χ1) is 9.55. The van der Waals surface area contributed by atoms with Crippen molar-refractivity contribution in [2.24, 2.45) is 0 Å². The molecule has 2 heteroatoms. The Labute approximate surface area is 123 Å². The molecular formula is C18H29NO. The molecule has 0 aromatic heterocycles. The zero-order valence-electron chi connectivity index (χ0n) is 13.4. The first kappa shape index (κ1) is 15.4. The molecule has 1 fully saturated rings. The molecule has 1 aliphatic carbocycles. The highest BCUT2D eigenvalue weighted by atomic mass is 16.5. The standard InChI is InChI=1S/C18H29NO/c1-5-11-19-15-12-17(13-15)20-16-9-7-14(8-10-16)18(3,4)6-2/h7-10,15,17,19H,5-6,11-13H2,1-4H3. The molecule has 20 heavy (non-hydrogen) atoms. The monoisotopic (exact) mass is 275 g/mol. The largest absolute Gasteiger partial charge is 0.490 e. The minimum atomic E-state index is 0.254. The maximum absolute atomic E-state index is 6.02. The van der Waals surface area contributed by atoms with Gasteiger partial charge in [0.2, 0.25) is 0 Å². The predicted octanol–water partition coefficient (Wildman–Crippen LogP) is 4.28. The molecule has 1 aliphatic rings. The Hall–Kier alpha value is -1.02. The Balaban J connectivity index is 1.81. The van der Waals surface area contributed by atoms with Crippen LogP contribution in [-0.2, 0) is 5.41 Å². The zero-order valence-corrected chi connectivity index (χ0v) is 13.4. The van der Waals surface area contributed by atoms with Gasteiger partial charge in [0.1, 0.15) is 11.9 Å². The van der Waals surface area contributed by atoms with Crippen LogP contribution in [0.15, 0.2) is 24.3 Å². The average molecular weight is 275 g/mol. The predicted molar refractivity (Wildman–Crippen MR) is 85.5 cm³/mol. The van der Waals surface area contributed by atoms with Crippen LogP contribution in [0.1, 0.15) is 58.9 Å². The summed E-state index contributed by atoms with van der Waals surface area (Å²) < 4.78 is 6.02.